The number of aryl methyl sites for hydroxylation is 1. The number of nitrogens with one attached hydrogen (secondary N) is 3. The highest BCUT2D eigenvalue weighted by molar-refractivity contribution is 5.79. The Morgan fingerprint density at radius 1 is 1.42 bits per heavy atom. The fourth-order valence-electron chi connectivity index (χ4n) is 2.19. The first-order valence-corrected chi connectivity index (χ1v) is 8.16. The first kappa shape index (κ1) is 19.7. The first-order chi connectivity index (χ1) is 11.5. The van der Waals surface area contributed by atoms with E-state index >= 15 is 0 Å². The van der Waals surface area contributed by atoms with Crippen LogP contribution >= 0.6 is 0 Å². The van der Waals surface area contributed by atoms with Crippen molar-refractivity contribution in [1.82, 2.24) is 30.7 Å². The van der Waals surface area contributed by atoms with Crippen molar-refractivity contribution in [3.63, 3.8) is 0 Å². The fraction of sp³-hybridized carbons (Fsp3) is 0.733. The summed E-state index contributed by atoms with van der Waals surface area (Å²) in [4.78, 5) is 20.0. The number of alkyl carbamates (subject to hydrolysis) is 1. The maximum atomic E-state index is 11.6. The standard InChI is InChI=1S/C15H29N7O2/c1-6-24-15(23)21-12(7-11(2)3)8-17-14(16-4)18-9-13-19-10-20-22(13)5/h10-12H,6-9H2,1-5H3,(H,21,23)(H2,16,17,18). The van der Waals surface area contributed by atoms with Gasteiger partial charge >= 0.3 is 6.09 Å². The van der Waals surface area contributed by atoms with E-state index < -0.39 is 6.09 Å². The lowest BCUT2D eigenvalue weighted by atomic mass is 10.0. The molecule has 24 heavy (non-hydrogen) atoms. The number of hydrogen-bond acceptors (Lipinski definition) is 5. The SMILES string of the molecule is CCOC(=O)NC(CNC(=NC)NCc1ncnn1C)CC(C)C. The van der Waals surface area contributed by atoms with Gasteiger partial charge in [-0.05, 0) is 19.3 Å². The van der Waals surface area contributed by atoms with E-state index in [0.717, 1.165) is 12.2 Å². The maximum absolute atomic E-state index is 11.6. The predicted molar refractivity (Wildman–Crippen MR) is 92.6 cm³/mol. The molecule has 0 bridgehead atoms. The summed E-state index contributed by atoms with van der Waals surface area (Å²) in [6, 6.07) is -0.0440. The lowest BCUT2D eigenvalue weighted by Gasteiger charge is -2.22. The summed E-state index contributed by atoms with van der Waals surface area (Å²) in [5.74, 6) is 1.89. The highest BCUT2D eigenvalue weighted by atomic mass is 16.5. The number of aliphatic imine (C=N–C) groups is 1. The number of hydrogen-bond donors (Lipinski definition) is 3. The monoisotopic (exact) mass is 339 g/mol. The Morgan fingerprint density at radius 3 is 2.71 bits per heavy atom. The number of carbonyl (C=O) groups excluding carboxylic acids is 1. The van der Waals surface area contributed by atoms with Gasteiger partial charge in [0.05, 0.1) is 13.2 Å². The van der Waals surface area contributed by atoms with Gasteiger partial charge in [-0.1, -0.05) is 13.8 Å². The highest BCUT2D eigenvalue weighted by Crippen LogP contribution is 2.04. The van der Waals surface area contributed by atoms with E-state index in [1.54, 1.807) is 18.7 Å². The van der Waals surface area contributed by atoms with Crippen LogP contribution in [0.5, 0.6) is 0 Å². The van der Waals surface area contributed by atoms with Gasteiger partial charge in [0.2, 0.25) is 0 Å². The van der Waals surface area contributed by atoms with Crippen LogP contribution in [-0.2, 0) is 18.3 Å². The molecule has 0 aliphatic heterocycles. The third-order valence-corrected chi connectivity index (χ3v) is 3.31. The summed E-state index contributed by atoms with van der Waals surface area (Å²) in [5, 5.41) is 13.3. The molecule has 9 heteroatoms. The molecule has 1 amide bonds. The van der Waals surface area contributed by atoms with Crippen molar-refractivity contribution in [1.29, 1.82) is 0 Å². The van der Waals surface area contributed by atoms with Crippen LogP contribution in [-0.4, -0.2) is 53.1 Å². The minimum absolute atomic E-state index is 0.0440. The van der Waals surface area contributed by atoms with Gasteiger partial charge in [0.1, 0.15) is 12.2 Å². The van der Waals surface area contributed by atoms with Crippen LogP contribution in [0.1, 0.15) is 33.0 Å². The second kappa shape index (κ2) is 10.5. The van der Waals surface area contributed by atoms with Gasteiger partial charge in [-0.25, -0.2) is 9.78 Å². The Morgan fingerprint density at radius 2 is 2.17 bits per heavy atom. The van der Waals surface area contributed by atoms with Gasteiger partial charge in [0, 0.05) is 26.7 Å². The van der Waals surface area contributed by atoms with Gasteiger partial charge in [0.15, 0.2) is 5.96 Å². The number of guanidine groups is 1. The summed E-state index contributed by atoms with van der Waals surface area (Å²) >= 11 is 0. The van der Waals surface area contributed by atoms with Crippen molar-refractivity contribution < 1.29 is 9.53 Å². The molecule has 1 rings (SSSR count). The maximum Gasteiger partial charge on any atom is 0.407 e. The normalized spacial score (nSPS) is 12.8. The van der Waals surface area contributed by atoms with E-state index in [1.807, 2.05) is 7.05 Å². The van der Waals surface area contributed by atoms with Gasteiger partial charge in [-0.15, -0.1) is 0 Å². The molecule has 136 valence electrons. The summed E-state index contributed by atoms with van der Waals surface area (Å²) in [6.45, 7) is 7.43. The molecule has 0 aliphatic carbocycles. The first-order valence-electron chi connectivity index (χ1n) is 8.16. The minimum atomic E-state index is -0.396. The number of nitrogens with zero attached hydrogens (tertiary/aromatic N) is 4. The molecular formula is C15H29N7O2. The Kier molecular flexibility index (Phi) is 8.59. The summed E-state index contributed by atoms with van der Waals surface area (Å²) in [5.41, 5.74) is 0. The molecule has 0 radical (unpaired) electrons. The van der Waals surface area contributed by atoms with Crippen molar-refractivity contribution in [3.8, 4) is 0 Å². The third kappa shape index (κ3) is 7.30. The molecule has 1 atom stereocenters. The average Bonchev–Trinajstić information content (AvgIpc) is 2.92. The number of carbonyl (C=O) groups is 1. The Labute approximate surface area is 143 Å². The van der Waals surface area contributed by atoms with E-state index in [9.17, 15) is 4.79 Å². The van der Waals surface area contributed by atoms with Crippen LogP contribution in [0.4, 0.5) is 4.79 Å². The highest BCUT2D eigenvalue weighted by Gasteiger charge is 2.15. The van der Waals surface area contributed by atoms with Crippen LogP contribution in [0.3, 0.4) is 0 Å². The molecule has 1 aromatic rings. The Bertz CT molecular complexity index is 528. The summed E-state index contributed by atoms with van der Waals surface area (Å²) in [7, 11) is 3.53. The van der Waals surface area contributed by atoms with Crippen molar-refractivity contribution in [2.75, 3.05) is 20.2 Å². The van der Waals surface area contributed by atoms with Crippen molar-refractivity contribution in [2.45, 2.75) is 39.8 Å². The molecule has 9 nitrogen and oxygen atoms in total. The second-order valence-corrected chi connectivity index (χ2v) is 5.80. The van der Waals surface area contributed by atoms with E-state index in [1.165, 1.54) is 6.33 Å². The average molecular weight is 339 g/mol. The smallest absolute Gasteiger partial charge is 0.407 e. The van der Waals surface area contributed by atoms with Crippen molar-refractivity contribution in [2.24, 2.45) is 18.0 Å². The van der Waals surface area contributed by atoms with Gasteiger partial charge in [-0.3, -0.25) is 9.67 Å². The molecule has 0 aromatic carbocycles. The number of ether oxygens (including phenoxy) is 1. The number of aromatic nitrogens is 3. The van der Waals surface area contributed by atoms with E-state index in [2.05, 4.69) is 44.9 Å². The quantitative estimate of drug-likeness (QED) is 0.474. The molecule has 0 saturated carbocycles. The molecule has 0 spiro atoms. The molecule has 0 aliphatic rings. The van der Waals surface area contributed by atoms with E-state index in [0.29, 0.717) is 31.6 Å². The lowest BCUT2D eigenvalue weighted by molar-refractivity contribution is 0.146. The Balaban J connectivity index is 2.49. The fourth-order valence-corrected chi connectivity index (χ4v) is 2.19. The predicted octanol–water partition coefficient (Wildman–Crippen LogP) is 0.641. The molecule has 3 N–H and O–H groups in total. The number of rotatable bonds is 8. The van der Waals surface area contributed by atoms with Gasteiger partial charge < -0.3 is 20.7 Å². The van der Waals surface area contributed by atoms with E-state index in [-0.39, 0.29) is 6.04 Å². The van der Waals surface area contributed by atoms with Crippen LogP contribution in [0, 0.1) is 5.92 Å². The third-order valence-electron chi connectivity index (χ3n) is 3.31. The van der Waals surface area contributed by atoms with Gasteiger partial charge in [-0.2, -0.15) is 5.10 Å². The summed E-state index contributed by atoms with van der Waals surface area (Å²) in [6.07, 6.45) is 1.95. The van der Waals surface area contributed by atoms with Crippen LogP contribution in [0.15, 0.2) is 11.3 Å². The molecule has 1 aromatic heterocycles. The zero-order chi connectivity index (χ0) is 17.9. The molecule has 1 heterocycles. The van der Waals surface area contributed by atoms with Crippen LogP contribution in [0.2, 0.25) is 0 Å². The van der Waals surface area contributed by atoms with Crippen LogP contribution < -0.4 is 16.0 Å². The molecule has 0 saturated heterocycles. The van der Waals surface area contributed by atoms with E-state index in [4.69, 9.17) is 4.74 Å². The topological polar surface area (TPSA) is 105 Å². The number of amides is 1. The molecule has 1 unspecified atom stereocenters. The molecule has 0 fully saturated rings. The lowest BCUT2D eigenvalue weighted by Crippen LogP contribution is -2.47. The van der Waals surface area contributed by atoms with Crippen molar-refractivity contribution >= 4 is 12.1 Å². The zero-order valence-corrected chi connectivity index (χ0v) is 15.2. The Hall–Kier alpha value is -2.32. The second-order valence-electron chi connectivity index (χ2n) is 5.80. The van der Waals surface area contributed by atoms with Crippen molar-refractivity contribution in [3.05, 3.63) is 12.2 Å². The largest absolute Gasteiger partial charge is 0.450 e. The minimum Gasteiger partial charge on any atom is -0.450 e. The molecular weight excluding hydrogens is 310 g/mol. The zero-order valence-electron chi connectivity index (χ0n) is 15.2. The van der Waals surface area contributed by atoms with Gasteiger partial charge in [0.25, 0.3) is 0 Å². The summed E-state index contributed by atoms with van der Waals surface area (Å²) < 4.78 is 6.65. The van der Waals surface area contributed by atoms with Crippen LogP contribution in [0.25, 0.3) is 0 Å².